The van der Waals surface area contributed by atoms with E-state index in [0.29, 0.717) is 5.69 Å². The molecule has 3 N–H and O–H groups in total. The second-order valence-electron chi connectivity index (χ2n) is 6.58. The lowest BCUT2D eigenvalue weighted by Gasteiger charge is -2.19. The molecule has 2 rings (SSSR count). The van der Waals surface area contributed by atoms with Gasteiger partial charge < -0.3 is 10.5 Å². The van der Waals surface area contributed by atoms with Gasteiger partial charge in [-0.1, -0.05) is 32.0 Å². The summed E-state index contributed by atoms with van der Waals surface area (Å²) in [5, 5.41) is 6.44. The predicted molar refractivity (Wildman–Crippen MR) is 99.2 cm³/mol. The Bertz CT molecular complexity index is 843. The Morgan fingerprint density at radius 2 is 1.81 bits per heavy atom. The number of nitrogens with one attached hydrogen (secondary N) is 1. The zero-order valence-corrected chi connectivity index (χ0v) is 15.9. The lowest BCUT2D eigenvalue weighted by atomic mass is 10.1. The molecular formula is C19H24N4O4. The van der Waals surface area contributed by atoms with Gasteiger partial charge >= 0.3 is 12.0 Å². The Morgan fingerprint density at radius 1 is 1.19 bits per heavy atom. The van der Waals surface area contributed by atoms with Crippen LogP contribution in [0.25, 0.3) is 5.69 Å². The van der Waals surface area contributed by atoms with E-state index in [1.165, 1.54) is 0 Å². The van der Waals surface area contributed by atoms with Crippen LogP contribution in [0.4, 0.5) is 4.79 Å². The second-order valence-corrected chi connectivity index (χ2v) is 6.58. The second kappa shape index (κ2) is 8.48. The molecule has 0 spiro atoms. The number of esters is 1. The standard InChI is InChI=1S/C19H24N4O4/c1-11(2)17(18(25)21-19(20)26)27-16(24)10-15-12(3)22-23(13(15)4)14-8-6-5-7-9-14/h5-9,11,17H,10H2,1-4H3,(H3,20,21,25,26)/t17-/m1/s1. The monoisotopic (exact) mass is 372 g/mol. The largest absolute Gasteiger partial charge is 0.452 e. The Labute approximate surface area is 157 Å². The number of ether oxygens (including phenoxy) is 1. The number of carbonyl (C=O) groups excluding carboxylic acids is 3. The van der Waals surface area contributed by atoms with E-state index in [0.717, 1.165) is 16.9 Å². The molecule has 3 amide bonds. The summed E-state index contributed by atoms with van der Waals surface area (Å²) in [6.07, 6.45) is -1.13. The molecule has 2 aromatic rings. The first-order valence-corrected chi connectivity index (χ1v) is 8.61. The van der Waals surface area contributed by atoms with Gasteiger partial charge in [-0.25, -0.2) is 9.48 Å². The highest BCUT2D eigenvalue weighted by Gasteiger charge is 2.28. The summed E-state index contributed by atoms with van der Waals surface area (Å²) in [5.41, 5.74) is 8.11. The van der Waals surface area contributed by atoms with Gasteiger partial charge in [-0.3, -0.25) is 14.9 Å². The lowest BCUT2D eigenvalue weighted by Crippen LogP contribution is -2.45. The molecule has 0 fully saturated rings. The highest BCUT2D eigenvalue weighted by molar-refractivity contribution is 5.96. The molecule has 0 saturated heterocycles. The third-order valence-corrected chi connectivity index (χ3v) is 4.13. The van der Waals surface area contributed by atoms with Gasteiger partial charge in [-0.05, 0) is 31.9 Å². The third-order valence-electron chi connectivity index (χ3n) is 4.13. The molecule has 27 heavy (non-hydrogen) atoms. The van der Waals surface area contributed by atoms with Gasteiger partial charge in [0.15, 0.2) is 6.10 Å². The molecule has 1 atom stereocenters. The number of aromatic nitrogens is 2. The van der Waals surface area contributed by atoms with Gasteiger partial charge in [-0.2, -0.15) is 5.10 Å². The predicted octanol–water partition coefficient (Wildman–Crippen LogP) is 1.79. The van der Waals surface area contributed by atoms with Crippen LogP contribution in [0, 0.1) is 19.8 Å². The Balaban J connectivity index is 2.17. The molecule has 0 radical (unpaired) electrons. The summed E-state index contributed by atoms with van der Waals surface area (Å²) in [7, 11) is 0. The number of urea groups is 1. The fourth-order valence-electron chi connectivity index (χ4n) is 2.76. The molecule has 0 unspecified atom stereocenters. The molecule has 0 aliphatic rings. The van der Waals surface area contributed by atoms with Crippen LogP contribution >= 0.6 is 0 Å². The lowest BCUT2D eigenvalue weighted by molar-refractivity contribution is -0.157. The zero-order valence-electron chi connectivity index (χ0n) is 15.9. The van der Waals surface area contributed by atoms with Crippen LogP contribution in [0.5, 0.6) is 0 Å². The van der Waals surface area contributed by atoms with E-state index in [2.05, 4.69) is 5.10 Å². The van der Waals surface area contributed by atoms with Crippen molar-refractivity contribution in [2.75, 3.05) is 0 Å². The van der Waals surface area contributed by atoms with E-state index in [9.17, 15) is 14.4 Å². The number of amides is 3. The maximum absolute atomic E-state index is 12.4. The highest BCUT2D eigenvalue weighted by atomic mass is 16.5. The molecule has 8 heteroatoms. The number of para-hydroxylation sites is 1. The van der Waals surface area contributed by atoms with E-state index in [4.69, 9.17) is 10.5 Å². The van der Waals surface area contributed by atoms with Crippen LogP contribution in [0.15, 0.2) is 30.3 Å². The van der Waals surface area contributed by atoms with Crippen molar-refractivity contribution < 1.29 is 19.1 Å². The minimum absolute atomic E-state index is 0.0302. The Hall–Kier alpha value is -3.16. The average molecular weight is 372 g/mol. The maximum atomic E-state index is 12.4. The van der Waals surface area contributed by atoms with Crippen LogP contribution in [-0.4, -0.2) is 33.8 Å². The normalized spacial score (nSPS) is 11.9. The van der Waals surface area contributed by atoms with Crippen LogP contribution in [0.3, 0.4) is 0 Å². The van der Waals surface area contributed by atoms with E-state index < -0.39 is 24.0 Å². The van der Waals surface area contributed by atoms with Crippen molar-refractivity contribution >= 4 is 17.9 Å². The SMILES string of the molecule is Cc1nn(-c2ccccc2)c(C)c1CC(=O)O[C@@H](C(=O)NC(N)=O)C(C)C. The van der Waals surface area contributed by atoms with Crippen molar-refractivity contribution in [2.24, 2.45) is 11.7 Å². The fraction of sp³-hybridized carbons (Fsp3) is 0.368. The first kappa shape index (κ1) is 20.2. The first-order valence-electron chi connectivity index (χ1n) is 8.61. The molecule has 1 aromatic carbocycles. The number of nitrogens with two attached hydrogens (primary N) is 1. The Kier molecular flexibility index (Phi) is 6.33. The van der Waals surface area contributed by atoms with Gasteiger partial charge in [0, 0.05) is 11.3 Å². The maximum Gasteiger partial charge on any atom is 0.318 e. The van der Waals surface area contributed by atoms with Gasteiger partial charge in [0.25, 0.3) is 5.91 Å². The molecule has 144 valence electrons. The minimum atomic E-state index is -1.10. The van der Waals surface area contributed by atoms with Crippen molar-refractivity contribution in [3.8, 4) is 5.69 Å². The Morgan fingerprint density at radius 3 is 2.37 bits per heavy atom. The summed E-state index contributed by atoms with van der Waals surface area (Å²) in [6, 6.07) is 8.58. The quantitative estimate of drug-likeness (QED) is 0.750. The first-order chi connectivity index (χ1) is 12.7. The molecular weight excluding hydrogens is 348 g/mol. The third kappa shape index (κ3) is 4.93. The molecule has 0 aliphatic heterocycles. The molecule has 0 aliphatic carbocycles. The summed E-state index contributed by atoms with van der Waals surface area (Å²) >= 11 is 0. The van der Waals surface area contributed by atoms with Crippen LogP contribution < -0.4 is 11.1 Å². The van der Waals surface area contributed by atoms with Crippen molar-refractivity contribution in [3.05, 3.63) is 47.3 Å². The average Bonchev–Trinajstić information content (AvgIpc) is 2.87. The number of primary amides is 1. The van der Waals surface area contributed by atoms with Crippen LogP contribution in [0.1, 0.15) is 30.8 Å². The number of hydrogen-bond donors (Lipinski definition) is 2. The molecule has 8 nitrogen and oxygen atoms in total. The summed E-state index contributed by atoms with van der Waals surface area (Å²) in [6.45, 7) is 7.11. The summed E-state index contributed by atoms with van der Waals surface area (Å²) in [5.74, 6) is -1.63. The van der Waals surface area contributed by atoms with E-state index >= 15 is 0 Å². The topological polar surface area (TPSA) is 116 Å². The highest BCUT2D eigenvalue weighted by Crippen LogP contribution is 2.19. The minimum Gasteiger partial charge on any atom is -0.452 e. The number of benzene rings is 1. The molecule has 0 saturated carbocycles. The number of carbonyl (C=O) groups is 3. The van der Waals surface area contributed by atoms with E-state index in [1.54, 1.807) is 18.5 Å². The summed E-state index contributed by atoms with van der Waals surface area (Å²) in [4.78, 5) is 35.3. The van der Waals surface area contributed by atoms with Gasteiger partial charge in [0.05, 0.1) is 17.8 Å². The van der Waals surface area contributed by atoms with Crippen molar-refractivity contribution in [1.29, 1.82) is 0 Å². The van der Waals surface area contributed by atoms with Gasteiger partial charge in [0.1, 0.15) is 0 Å². The van der Waals surface area contributed by atoms with E-state index in [1.807, 2.05) is 49.5 Å². The molecule has 0 bridgehead atoms. The fourth-order valence-corrected chi connectivity index (χ4v) is 2.76. The molecule has 1 aromatic heterocycles. The number of nitrogens with zero attached hydrogens (tertiary/aromatic N) is 2. The summed E-state index contributed by atoms with van der Waals surface area (Å²) < 4.78 is 7.07. The smallest absolute Gasteiger partial charge is 0.318 e. The van der Waals surface area contributed by atoms with Gasteiger partial charge in [-0.15, -0.1) is 0 Å². The van der Waals surface area contributed by atoms with Gasteiger partial charge in [0.2, 0.25) is 0 Å². The number of rotatable bonds is 6. The molecule has 1 heterocycles. The number of imide groups is 1. The number of hydrogen-bond acceptors (Lipinski definition) is 5. The van der Waals surface area contributed by atoms with E-state index in [-0.39, 0.29) is 12.3 Å². The van der Waals surface area contributed by atoms with Crippen molar-refractivity contribution in [2.45, 2.75) is 40.2 Å². The van der Waals surface area contributed by atoms with Crippen molar-refractivity contribution in [3.63, 3.8) is 0 Å². The number of aryl methyl sites for hydroxylation is 1. The van der Waals surface area contributed by atoms with Crippen LogP contribution in [-0.2, 0) is 20.7 Å². The van der Waals surface area contributed by atoms with Crippen molar-refractivity contribution in [1.82, 2.24) is 15.1 Å². The zero-order chi connectivity index (χ0) is 20.1. The van der Waals surface area contributed by atoms with Crippen LogP contribution in [0.2, 0.25) is 0 Å².